The number of sulfonamides is 1. The third-order valence-electron chi connectivity index (χ3n) is 2.16. The first-order valence-electron chi connectivity index (χ1n) is 5.28. The number of anilines is 1. The van der Waals surface area contributed by atoms with Crippen LogP contribution < -0.4 is 9.46 Å². The average molecular weight is 278 g/mol. The second-order valence-electron chi connectivity index (χ2n) is 3.55. The predicted octanol–water partition coefficient (Wildman–Crippen LogP) is 2.46. The number of ether oxygens (including phenoxy) is 1. The molecule has 0 aliphatic carbocycles. The maximum Gasteiger partial charge on any atom is 0.232 e. The molecule has 0 saturated carbocycles. The Hall–Kier alpha value is -0.940. The van der Waals surface area contributed by atoms with E-state index < -0.39 is 10.0 Å². The van der Waals surface area contributed by atoms with E-state index in [0.29, 0.717) is 30.2 Å². The molecule has 0 aromatic heterocycles. The fourth-order valence-electron chi connectivity index (χ4n) is 1.28. The number of alkyl halides is 1. The molecule has 4 nitrogen and oxygen atoms in total. The molecule has 0 spiro atoms. The van der Waals surface area contributed by atoms with Gasteiger partial charge >= 0.3 is 0 Å². The number of rotatable bonds is 7. The number of unbranched alkanes of at least 4 members (excludes halogenated alkanes) is 1. The summed E-state index contributed by atoms with van der Waals surface area (Å²) in [5.74, 6) is 1.26. The summed E-state index contributed by atoms with van der Waals surface area (Å²) in [6.07, 6.45) is 1.26. The Morgan fingerprint density at radius 2 is 1.88 bits per heavy atom. The molecule has 0 fully saturated rings. The number of methoxy groups -OCH3 is 1. The van der Waals surface area contributed by atoms with Gasteiger partial charge in [-0.1, -0.05) is 0 Å². The molecule has 0 saturated heterocycles. The molecule has 0 aliphatic heterocycles. The zero-order valence-electron chi connectivity index (χ0n) is 9.65. The van der Waals surface area contributed by atoms with Gasteiger partial charge in [-0.2, -0.15) is 0 Å². The molecular formula is C11H16ClNO3S. The Balaban J connectivity index is 2.56. The van der Waals surface area contributed by atoms with Crippen molar-refractivity contribution < 1.29 is 13.2 Å². The highest BCUT2D eigenvalue weighted by atomic mass is 35.5. The van der Waals surface area contributed by atoms with Gasteiger partial charge in [0.2, 0.25) is 10.0 Å². The summed E-state index contributed by atoms with van der Waals surface area (Å²) in [4.78, 5) is 0. The maximum absolute atomic E-state index is 11.6. The van der Waals surface area contributed by atoms with Gasteiger partial charge in [0.1, 0.15) is 5.75 Å². The highest BCUT2D eigenvalue weighted by Gasteiger charge is 2.09. The van der Waals surface area contributed by atoms with Gasteiger partial charge in [0, 0.05) is 11.6 Å². The number of hydrogen-bond acceptors (Lipinski definition) is 3. The maximum atomic E-state index is 11.6. The lowest BCUT2D eigenvalue weighted by molar-refractivity contribution is 0.415. The molecule has 96 valence electrons. The van der Waals surface area contributed by atoms with E-state index in [1.807, 2.05) is 0 Å². The Kier molecular flexibility index (Phi) is 5.58. The van der Waals surface area contributed by atoms with Crippen LogP contribution in [0.15, 0.2) is 24.3 Å². The molecule has 0 aliphatic rings. The van der Waals surface area contributed by atoms with Crippen molar-refractivity contribution in [3.05, 3.63) is 24.3 Å². The van der Waals surface area contributed by atoms with Crippen molar-refractivity contribution in [2.24, 2.45) is 0 Å². The van der Waals surface area contributed by atoms with E-state index in [0.717, 1.165) is 0 Å². The largest absolute Gasteiger partial charge is 0.497 e. The minimum atomic E-state index is -3.28. The first-order valence-corrected chi connectivity index (χ1v) is 7.46. The van der Waals surface area contributed by atoms with Gasteiger partial charge < -0.3 is 4.74 Å². The summed E-state index contributed by atoms with van der Waals surface area (Å²) < 4.78 is 30.8. The van der Waals surface area contributed by atoms with Gasteiger partial charge in [0.25, 0.3) is 0 Å². The van der Waals surface area contributed by atoms with Crippen LogP contribution in [0.2, 0.25) is 0 Å². The summed E-state index contributed by atoms with van der Waals surface area (Å²) in [5, 5.41) is 0. The van der Waals surface area contributed by atoms with Gasteiger partial charge in [0.05, 0.1) is 12.9 Å². The van der Waals surface area contributed by atoms with Crippen molar-refractivity contribution in [1.29, 1.82) is 0 Å². The van der Waals surface area contributed by atoms with Crippen molar-refractivity contribution in [2.75, 3.05) is 23.5 Å². The Labute approximate surface area is 107 Å². The lowest BCUT2D eigenvalue weighted by Gasteiger charge is -2.08. The zero-order valence-corrected chi connectivity index (χ0v) is 11.2. The second-order valence-corrected chi connectivity index (χ2v) is 5.77. The Morgan fingerprint density at radius 3 is 2.41 bits per heavy atom. The summed E-state index contributed by atoms with van der Waals surface area (Å²) in [6, 6.07) is 6.74. The number of benzene rings is 1. The molecular weight excluding hydrogens is 262 g/mol. The molecule has 0 heterocycles. The van der Waals surface area contributed by atoms with E-state index in [2.05, 4.69) is 4.72 Å². The fraction of sp³-hybridized carbons (Fsp3) is 0.455. The smallest absolute Gasteiger partial charge is 0.232 e. The number of halogens is 1. The summed E-state index contributed by atoms with van der Waals surface area (Å²) in [7, 11) is -1.72. The molecule has 1 aromatic carbocycles. The first-order chi connectivity index (χ1) is 8.07. The standard InChI is InChI=1S/C11H16ClNO3S/c1-16-11-6-4-10(5-7-11)13-17(14,15)9-3-2-8-12/h4-7,13H,2-3,8-9H2,1H3. The van der Waals surface area contributed by atoms with Crippen molar-refractivity contribution in [3.63, 3.8) is 0 Å². The van der Waals surface area contributed by atoms with E-state index in [-0.39, 0.29) is 5.75 Å². The molecule has 1 N–H and O–H groups in total. The van der Waals surface area contributed by atoms with E-state index in [1.165, 1.54) is 0 Å². The minimum Gasteiger partial charge on any atom is -0.497 e. The first kappa shape index (κ1) is 14.1. The fourth-order valence-corrected chi connectivity index (χ4v) is 2.65. The Morgan fingerprint density at radius 1 is 1.24 bits per heavy atom. The molecule has 0 atom stereocenters. The SMILES string of the molecule is COc1ccc(NS(=O)(=O)CCCCCl)cc1. The highest BCUT2D eigenvalue weighted by molar-refractivity contribution is 7.92. The van der Waals surface area contributed by atoms with Gasteiger partial charge in [0.15, 0.2) is 0 Å². The lowest BCUT2D eigenvalue weighted by atomic mass is 10.3. The molecule has 1 aromatic rings. The van der Waals surface area contributed by atoms with Crippen molar-refractivity contribution in [3.8, 4) is 5.75 Å². The average Bonchev–Trinajstić information content (AvgIpc) is 2.30. The number of hydrogen-bond donors (Lipinski definition) is 1. The van der Waals surface area contributed by atoms with E-state index >= 15 is 0 Å². The summed E-state index contributed by atoms with van der Waals surface area (Å²) >= 11 is 5.49. The molecule has 0 radical (unpaired) electrons. The van der Waals surface area contributed by atoms with Crippen LogP contribution in [-0.4, -0.2) is 27.2 Å². The lowest BCUT2D eigenvalue weighted by Crippen LogP contribution is -2.16. The van der Waals surface area contributed by atoms with Crippen LogP contribution in [0.25, 0.3) is 0 Å². The van der Waals surface area contributed by atoms with Crippen LogP contribution in [0.4, 0.5) is 5.69 Å². The molecule has 17 heavy (non-hydrogen) atoms. The van der Waals surface area contributed by atoms with Gasteiger partial charge in [-0.3, -0.25) is 4.72 Å². The second kappa shape index (κ2) is 6.71. The third kappa shape index (κ3) is 5.28. The van der Waals surface area contributed by atoms with Gasteiger partial charge in [-0.25, -0.2) is 8.42 Å². The van der Waals surface area contributed by atoms with E-state index in [4.69, 9.17) is 16.3 Å². The van der Waals surface area contributed by atoms with Crippen LogP contribution in [0, 0.1) is 0 Å². The molecule has 0 amide bonds. The van der Waals surface area contributed by atoms with Crippen LogP contribution in [0.5, 0.6) is 5.75 Å². The topological polar surface area (TPSA) is 55.4 Å². The normalized spacial score (nSPS) is 11.2. The number of nitrogens with one attached hydrogen (secondary N) is 1. The van der Waals surface area contributed by atoms with Crippen LogP contribution in [0.1, 0.15) is 12.8 Å². The van der Waals surface area contributed by atoms with Crippen molar-refractivity contribution >= 4 is 27.3 Å². The highest BCUT2D eigenvalue weighted by Crippen LogP contribution is 2.16. The Bertz CT molecular complexity index is 431. The van der Waals surface area contributed by atoms with Crippen LogP contribution >= 0.6 is 11.6 Å². The van der Waals surface area contributed by atoms with Crippen molar-refractivity contribution in [1.82, 2.24) is 0 Å². The summed E-state index contributed by atoms with van der Waals surface area (Å²) in [5.41, 5.74) is 0.539. The molecule has 1 rings (SSSR count). The van der Waals surface area contributed by atoms with Crippen molar-refractivity contribution in [2.45, 2.75) is 12.8 Å². The van der Waals surface area contributed by atoms with Crippen LogP contribution in [0.3, 0.4) is 0 Å². The van der Waals surface area contributed by atoms with E-state index in [1.54, 1.807) is 31.4 Å². The van der Waals surface area contributed by atoms with E-state index in [9.17, 15) is 8.42 Å². The molecule has 0 bridgehead atoms. The summed E-state index contributed by atoms with van der Waals surface area (Å²) in [6.45, 7) is 0. The predicted molar refractivity (Wildman–Crippen MR) is 70.4 cm³/mol. The quantitative estimate of drug-likeness (QED) is 0.615. The third-order valence-corrected chi connectivity index (χ3v) is 3.80. The zero-order chi connectivity index (χ0) is 12.7. The van der Waals surface area contributed by atoms with Gasteiger partial charge in [-0.15, -0.1) is 11.6 Å². The van der Waals surface area contributed by atoms with Gasteiger partial charge in [-0.05, 0) is 37.1 Å². The van der Waals surface area contributed by atoms with Crippen LogP contribution in [-0.2, 0) is 10.0 Å². The monoisotopic (exact) mass is 277 g/mol. The molecule has 0 unspecified atom stereocenters. The molecule has 6 heteroatoms. The minimum absolute atomic E-state index is 0.0890.